The molecule has 0 bridgehead atoms. The minimum Gasteiger partial charge on any atom is -0.379 e. The van der Waals surface area contributed by atoms with Crippen LogP contribution in [0, 0.1) is 0 Å². The number of hydrogen-bond donors (Lipinski definition) is 2. The average Bonchev–Trinajstić information content (AvgIpc) is 2.38. The standard InChI is InChI=1S/C13H20N2O4S/c1-10(2)19-9-3-8-15-20(17,18)12-6-4-11(5-7-12)13(14)16/h4-7,10,15H,3,8-9H2,1-2H3,(H2,14,16). The summed E-state index contributed by atoms with van der Waals surface area (Å²) >= 11 is 0. The van der Waals surface area contributed by atoms with Crippen molar-refractivity contribution in [1.82, 2.24) is 4.72 Å². The van der Waals surface area contributed by atoms with E-state index in [2.05, 4.69) is 4.72 Å². The number of hydrogen-bond acceptors (Lipinski definition) is 4. The number of nitrogens with one attached hydrogen (secondary N) is 1. The molecule has 0 fully saturated rings. The molecule has 0 radical (unpaired) electrons. The highest BCUT2D eigenvalue weighted by Gasteiger charge is 2.13. The van der Waals surface area contributed by atoms with Crippen molar-refractivity contribution in [3.05, 3.63) is 29.8 Å². The molecule has 0 unspecified atom stereocenters. The maximum absolute atomic E-state index is 11.9. The number of carbonyl (C=O) groups excluding carboxylic acids is 1. The molecule has 7 heteroatoms. The van der Waals surface area contributed by atoms with Crippen molar-refractivity contribution in [2.75, 3.05) is 13.2 Å². The van der Waals surface area contributed by atoms with Crippen LogP contribution in [0.4, 0.5) is 0 Å². The predicted octanol–water partition coefficient (Wildman–Crippen LogP) is 0.879. The first kappa shape index (κ1) is 16.6. The lowest BCUT2D eigenvalue weighted by Crippen LogP contribution is -2.26. The Kier molecular flexibility index (Phi) is 6.12. The first-order chi connectivity index (χ1) is 9.33. The summed E-state index contributed by atoms with van der Waals surface area (Å²) in [4.78, 5) is 11.0. The second-order valence-corrected chi connectivity index (χ2v) is 6.33. The molecule has 0 aliphatic carbocycles. The molecule has 0 atom stereocenters. The summed E-state index contributed by atoms with van der Waals surface area (Å²) < 4.78 is 31.7. The highest BCUT2D eigenvalue weighted by molar-refractivity contribution is 7.89. The van der Waals surface area contributed by atoms with Crippen LogP contribution in [0.15, 0.2) is 29.2 Å². The van der Waals surface area contributed by atoms with Crippen molar-refractivity contribution in [3.8, 4) is 0 Å². The fraction of sp³-hybridized carbons (Fsp3) is 0.462. The highest BCUT2D eigenvalue weighted by atomic mass is 32.2. The second-order valence-electron chi connectivity index (χ2n) is 4.56. The Morgan fingerprint density at radius 1 is 1.30 bits per heavy atom. The van der Waals surface area contributed by atoms with E-state index in [-0.39, 0.29) is 16.6 Å². The van der Waals surface area contributed by atoms with Crippen molar-refractivity contribution in [2.24, 2.45) is 5.73 Å². The van der Waals surface area contributed by atoms with Gasteiger partial charge in [0.15, 0.2) is 0 Å². The van der Waals surface area contributed by atoms with Gasteiger partial charge in [0.25, 0.3) is 0 Å². The first-order valence-corrected chi connectivity index (χ1v) is 7.82. The van der Waals surface area contributed by atoms with Gasteiger partial charge in [0.1, 0.15) is 0 Å². The van der Waals surface area contributed by atoms with E-state index in [0.29, 0.717) is 19.6 Å². The van der Waals surface area contributed by atoms with Gasteiger partial charge in [0.2, 0.25) is 15.9 Å². The summed E-state index contributed by atoms with van der Waals surface area (Å²) in [6.07, 6.45) is 0.726. The molecule has 0 aromatic heterocycles. The van der Waals surface area contributed by atoms with Gasteiger partial charge in [-0.2, -0.15) is 0 Å². The van der Waals surface area contributed by atoms with Crippen LogP contribution in [0.2, 0.25) is 0 Å². The van der Waals surface area contributed by atoms with Gasteiger partial charge in [0, 0.05) is 18.7 Å². The lowest BCUT2D eigenvalue weighted by molar-refractivity contribution is 0.0778. The number of nitrogens with two attached hydrogens (primary N) is 1. The van der Waals surface area contributed by atoms with E-state index in [0.717, 1.165) is 0 Å². The minimum absolute atomic E-state index is 0.104. The third-order valence-electron chi connectivity index (χ3n) is 2.51. The molecule has 0 spiro atoms. The SMILES string of the molecule is CC(C)OCCCNS(=O)(=O)c1ccc(C(N)=O)cc1. The number of amides is 1. The van der Waals surface area contributed by atoms with Crippen LogP contribution < -0.4 is 10.5 Å². The summed E-state index contributed by atoms with van der Waals surface area (Å²) in [6, 6.07) is 5.48. The fourth-order valence-electron chi connectivity index (χ4n) is 1.48. The maximum atomic E-state index is 11.9. The molecular formula is C13H20N2O4S. The van der Waals surface area contributed by atoms with Crippen LogP contribution >= 0.6 is 0 Å². The number of sulfonamides is 1. The zero-order valence-corrected chi connectivity index (χ0v) is 12.4. The number of benzene rings is 1. The van der Waals surface area contributed by atoms with Crippen LogP contribution in [0.25, 0.3) is 0 Å². The molecule has 1 amide bonds. The summed E-state index contributed by atoms with van der Waals surface area (Å²) in [7, 11) is -3.56. The van der Waals surface area contributed by atoms with E-state index >= 15 is 0 Å². The predicted molar refractivity (Wildman–Crippen MR) is 75.9 cm³/mol. The molecule has 20 heavy (non-hydrogen) atoms. The zero-order chi connectivity index (χ0) is 15.2. The van der Waals surface area contributed by atoms with Crippen molar-refractivity contribution < 1.29 is 17.9 Å². The van der Waals surface area contributed by atoms with Gasteiger partial charge >= 0.3 is 0 Å². The second kappa shape index (κ2) is 7.37. The van der Waals surface area contributed by atoms with Crippen LogP contribution in [-0.4, -0.2) is 33.6 Å². The lowest BCUT2D eigenvalue weighted by Gasteiger charge is -2.09. The maximum Gasteiger partial charge on any atom is 0.248 e. The Bertz CT molecular complexity index is 538. The van der Waals surface area contributed by atoms with Gasteiger partial charge in [0.05, 0.1) is 11.0 Å². The van der Waals surface area contributed by atoms with E-state index in [9.17, 15) is 13.2 Å². The summed E-state index contributed by atoms with van der Waals surface area (Å²) in [5.41, 5.74) is 5.37. The largest absolute Gasteiger partial charge is 0.379 e. The molecular weight excluding hydrogens is 280 g/mol. The summed E-state index contributed by atoms with van der Waals surface area (Å²) in [5, 5.41) is 0. The van der Waals surface area contributed by atoms with Crippen LogP contribution in [-0.2, 0) is 14.8 Å². The third kappa shape index (κ3) is 5.28. The Morgan fingerprint density at radius 3 is 2.40 bits per heavy atom. The smallest absolute Gasteiger partial charge is 0.248 e. The van der Waals surface area contributed by atoms with Crippen molar-refractivity contribution in [3.63, 3.8) is 0 Å². The van der Waals surface area contributed by atoms with E-state index < -0.39 is 15.9 Å². The molecule has 0 saturated carbocycles. The van der Waals surface area contributed by atoms with E-state index in [1.807, 2.05) is 13.8 Å². The minimum atomic E-state index is -3.56. The van der Waals surface area contributed by atoms with Gasteiger partial charge < -0.3 is 10.5 Å². The average molecular weight is 300 g/mol. The molecule has 3 N–H and O–H groups in total. The molecule has 0 aliphatic heterocycles. The third-order valence-corrected chi connectivity index (χ3v) is 3.99. The molecule has 6 nitrogen and oxygen atoms in total. The Balaban J connectivity index is 2.54. The number of carbonyl (C=O) groups is 1. The molecule has 0 aliphatic rings. The van der Waals surface area contributed by atoms with Gasteiger partial charge in [-0.15, -0.1) is 0 Å². The van der Waals surface area contributed by atoms with Crippen molar-refractivity contribution in [1.29, 1.82) is 0 Å². The number of primary amides is 1. The Labute approximate surface area is 119 Å². The molecule has 0 saturated heterocycles. The summed E-state index contributed by atoms with van der Waals surface area (Å²) in [6.45, 7) is 4.64. The highest BCUT2D eigenvalue weighted by Crippen LogP contribution is 2.10. The molecule has 1 aromatic rings. The molecule has 1 rings (SSSR count). The van der Waals surface area contributed by atoms with Crippen molar-refractivity contribution >= 4 is 15.9 Å². The van der Waals surface area contributed by atoms with Gasteiger partial charge in [-0.25, -0.2) is 13.1 Å². The van der Waals surface area contributed by atoms with Crippen LogP contribution in [0.5, 0.6) is 0 Å². The van der Waals surface area contributed by atoms with E-state index in [1.54, 1.807) is 0 Å². The lowest BCUT2D eigenvalue weighted by atomic mass is 10.2. The fourth-order valence-corrected chi connectivity index (χ4v) is 2.55. The number of ether oxygens (including phenoxy) is 1. The monoisotopic (exact) mass is 300 g/mol. The Hall–Kier alpha value is -1.44. The van der Waals surface area contributed by atoms with Gasteiger partial charge in [-0.05, 0) is 44.5 Å². The summed E-state index contributed by atoms with van der Waals surface area (Å²) in [5.74, 6) is -0.590. The molecule has 0 heterocycles. The van der Waals surface area contributed by atoms with E-state index in [1.165, 1.54) is 24.3 Å². The zero-order valence-electron chi connectivity index (χ0n) is 11.6. The van der Waals surface area contributed by atoms with Crippen LogP contribution in [0.3, 0.4) is 0 Å². The first-order valence-electron chi connectivity index (χ1n) is 6.34. The Morgan fingerprint density at radius 2 is 1.90 bits per heavy atom. The van der Waals surface area contributed by atoms with Gasteiger partial charge in [-0.1, -0.05) is 0 Å². The van der Waals surface area contributed by atoms with Gasteiger partial charge in [-0.3, -0.25) is 4.79 Å². The normalized spacial score (nSPS) is 11.8. The topological polar surface area (TPSA) is 98.5 Å². The quantitative estimate of drug-likeness (QED) is 0.696. The number of rotatable bonds is 8. The van der Waals surface area contributed by atoms with Crippen molar-refractivity contribution in [2.45, 2.75) is 31.3 Å². The molecule has 112 valence electrons. The van der Waals surface area contributed by atoms with Crippen LogP contribution in [0.1, 0.15) is 30.6 Å². The molecule has 1 aromatic carbocycles. The van der Waals surface area contributed by atoms with E-state index in [4.69, 9.17) is 10.5 Å².